The topological polar surface area (TPSA) is 3.88 Å². The van der Waals surface area contributed by atoms with Crippen molar-refractivity contribution in [3.63, 3.8) is 0 Å². The molecule has 0 aliphatic rings. The van der Waals surface area contributed by atoms with E-state index in [0.29, 0.717) is 5.92 Å². The number of aromatic nitrogens is 1. The number of pyridine rings is 1. The third kappa shape index (κ3) is 3.26. The molecule has 0 aliphatic carbocycles. The van der Waals surface area contributed by atoms with E-state index in [1.165, 1.54) is 22.4 Å². The Hall–Kier alpha value is -1.41. The van der Waals surface area contributed by atoms with E-state index < -0.39 is 8.07 Å². The molecule has 0 saturated carbocycles. The van der Waals surface area contributed by atoms with Gasteiger partial charge in [-0.05, 0) is 29.7 Å². The lowest BCUT2D eigenvalue weighted by Crippen LogP contribution is -2.45. The van der Waals surface area contributed by atoms with Crippen LogP contribution in [-0.4, -0.2) is 8.07 Å². The number of benzene rings is 1. The summed E-state index contributed by atoms with van der Waals surface area (Å²) in [5, 5.41) is 1.59. The van der Waals surface area contributed by atoms with Crippen LogP contribution in [0, 0.1) is 6.92 Å². The molecule has 2 aromatic rings. The highest BCUT2D eigenvalue weighted by atomic mass is 28.3. The zero-order valence-corrected chi connectivity index (χ0v) is 15.5. The molecule has 0 fully saturated rings. The molecule has 21 heavy (non-hydrogen) atoms. The number of hydrogen-bond donors (Lipinski definition) is 0. The molecular weight excluding hydrogens is 270 g/mol. The zero-order chi connectivity index (χ0) is 15.8. The van der Waals surface area contributed by atoms with Crippen molar-refractivity contribution < 1.29 is 4.57 Å². The van der Waals surface area contributed by atoms with Crippen molar-refractivity contribution in [2.24, 2.45) is 7.05 Å². The van der Waals surface area contributed by atoms with Gasteiger partial charge in [0.1, 0.15) is 7.05 Å². The van der Waals surface area contributed by atoms with Crippen molar-refractivity contribution in [2.45, 2.75) is 46.3 Å². The lowest BCUT2D eigenvalue weighted by molar-refractivity contribution is -0.660. The second-order valence-electron chi connectivity index (χ2n) is 7.36. The smallest absolute Gasteiger partial charge is 0.201 e. The number of aryl methyl sites for hydroxylation is 2. The molecule has 1 nitrogen and oxygen atoms in total. The maximum Gasteiger partial charge on any atom is 0.212 e. The van der Waals surface area contributed by atoms with Crippen LogP contribution in [0.3, 0.4) is 0 Å². The van der Waals surface area contributed by atoms with E-state index in [0.717, 1.165) is 0 Å². The predicted molar refractivity (Wildman–Crippen MR) is 94.9 cm³/mol. The minimum atomic E-state index is -1.36. The second-order valence-corrected chi connectivity index (χ2v) is 12.4. The molecule has 0 saturated heterocycles. The number of rotatable bonds is 3. The summed E-state index contributed by atoms with van der Waals surface area (Å²) in [5.74, 6) is 0.573. The highest BCUT2D eigenvalue weighted by Crippen LogP contribution is 2.22. The molecule has 2 heteroatoms. The monoisotopic (exact) mass is 298 g/mol. The number of nitrogens with zero attached hydrogens (tertiary/aromatic N) is 1. The molecule has 0 unspecified atom stereocenters. The zero-order valence-electron chi connectivity index (χ0n) is 14.5. The summed E-state index contributed by atoms with van der Waals surface area (Å²) in [5.41, 5.74) is 5.52. The maximum absolute atomic E-state index is 2.45. The SMILES string of the molecule is Cc1ccccc1-c1cc([Si](C)(C)C)c(C(C)C)c[n+]1C. The van der Waals surface area contributed by atoms with Gasteiger partial charge < -0.3 is 0 Å². The average molecular weight is 299 g/mol. The van der Waals surface area contributed by atoms with Crippen LogP contribution < -0.4 is 9.75 Å². The molecule has 1 heterocycles. The normalized spacial score (nSPS) is 12.0. The quantitative estimate of drug-likeness (QED) is 0.592. The Morgan fingerprint density at radius 1 is 1.05 bits per heavy atom. The molecule has 0 aliphatic heterocycles. The van der Waals surface area contributed by atoms with Crippen LogP contribution >= 0.6 is 0 Å². The van der Waals surface area contributed by atoms with Crippen LogP contribution in [0.2, 0.25) is 19.6 Å². The molecule has 0 bridgehead atoms. The summed E-state index contributed by atoms with van der Waals surface area (Å²) in [4.78, 5) is 0. The van der Waals surface area contributed by atoms with Crippen LogP contribution in [0.15, 0.2) is 36.5 Å². The van der Waals surface area contributed by atoms with Crippen molar-refractivity contribution in [1.29, 1.82) is 0 Å². The largest absolute Gasteiger partial charge is 0.212 e. The van der Waals surface area contributed by atoms with Gasteiger partial charge in [-0.2, -0.15) is 0 Å². The first-order valence-electron chi connectivity index (χ1n) is 7.82. The van der Waals surface area contributed by atoms with Gasteiger partial charge in [-0.15, -0.1) is 0 Å². The van der Waals surface area contributed by atoms with Gasteiger partial charge in [-0.1, -0.05) is 51.7 Å². The van der Waals surface area contributed by atoms with Crippen molar-refractivity contribution in [3.8, 4) is 11.3 Å². The molecule has 2 rings (SSSR count). The van der Waals surface area contributed by atoms with Crippen LogP contribution in [0.5, 0.6) is 0 Å². The van der Waals surface area contributed by atoms with Gasteiger partial charge in [0, 0.05) is 17.2 Å². The van der Waals surface area contributed by atoms with Gasteiger partial charge in [0.05, 0.1) is 8.07 Å². The first-order valence-corrected chi connectivity index (χ1v) is 11.3. The van der Waals surface area contributed by atoms with E-state index in [1.54, 1.807) is 5.19 Å². The molecule has 0 N–H and O–H groups in total. The van der Waals surface area contributed by atoms with Crippen molar-refractivity contribution >= 4 is 13.3 Å². The van der Waals surface area contributed by atoms with Crippen LogP contribution in [0.1, 0.15) is 30.9 Å². The van der Waals surface area contributed by atoms with Crippen molar-refractivity contribution in [3.05, 3.63) is 47.7 Å². The maximum atomic E-state index is 2.45. The van der Waals surface area contributed by atoms with E-state index in [9.17, 15) is 0 Å². The van der Waals surface area contributed by atoms with Gasteiger partial charge in [-0.3, -0.25) is 0 Å². The van der Waals surface area contributed by atoms with E-state index >= 15 is 0 Å². The number of hydrogen-bond acceptors (Lipinski definition) is 0. The van der Waals surface area contributed by atoms with Crippen LogP contribution in [0.4, 0.5) is 0 Å². The Balaban J connectivity index is 2.73. The van der Waals surface area contributed by atoms with E-state index in [2.05, 4.69) is 88.6 Å². The minimum Gasteiger partial charge on any atom is -0.201 e. The first kappa shape index (κ1) is 16.0. The molecule has 112 valence electrons. The Morgan fingerprint density at radius 2 is 1.67 bits per heavy atom. The second kappa shape index (κ2) is 5.76. The standard InChI is InChI=1S/C19H28NSi/c1-14(2)17-13-20(4)18(12-19(17)21(5,6)7)16-11-9-8-10-15(16)3/h8-14H,1-7H3/q+1. The highest BCUT2D eigenvalue weighted by molar-refractivity contribution is 6.89. The molecule has 0 amide bonds. The van der Waals surface area contributed by atoms with Gasteiger partial charge in [-0.25, -0.2) is 4.57 Å². The minimum absolute atomic E-state index is 0.573. The van der Waals surface area contributed by atoms with Gasteiger partial charge in [0.25, 0.3) is 0 Å². The summed E-state index contributed by atoms with van der Waals surface area (Å²) < 4.78 is 2.29. The molecule has 0 spiro atoms. The first-order chi connectivity index (χ1) is 9.71. The average Bonchev–Trinajstić information content (AvgIpc) is 2.38. The van der Waals surface area contributed by atoms with Gasteiger partial charge in [0.2, 0.25) is 5.69 Å². The summed E-state index contributed by atoms with van der Waals surface area (Å²) in [6, 6.07) is 11.1. The fourth-order valence-corrected chi connectivity index (χ4v) is 4.70. The molecule has 1 aromatic heterocycles. The Labute approximate surface area is 130 Å². The fraction of sp³-hybridized carbons (Fsp3) is 0.421. The summed E-state index contributed by atoms with van der Waals surface area (Å²) in [6.45, 7) is 14.1. The highest BCUT2D eigenvalue weighted by Gasteiger charge is 2.26. The van der Waals surface area contributed by atoms with Gasteiger partial charge in [0.15, 0.2) is 6.20 Å². The summed E-state index contributed by atoms with van der Waals surface area (Å²) in [6.07, 6.45) is 2.35. The van der Waals surface area contributed by atoms with Crippen LogP contribution in [0.25, 0.3) is 11.3 Å². The summed E-state index contributed by atoms with van der Waals surface area (Å²) in [7, 11) is 0.810. The third-order valence-electron chi connectivity index (χ3n) is 4.16. The lowest BCUT2D eigenvalue weighted by Gasteiger charge is -2.22. The third-order valence-corrected chi connectivity index (χ3v) is 6.20. The van der Waals surface area contributed by atoms with Gasteiger partial charge >= 0.3 is 0 Å². The molecule has 1 aromatic carbocycles. The predicted octanol–water partition coefficient (Wildman–Crippen LogP) is 4.16. The molecular formula is C19H28NSi+. The van der Waals surface area contributed by atoms with E-state index in [4.69, 9.17) is 0 Å². The van der Waals surface area contributed by atoms with E-state index in [-0.39, 0.29) is 0 Å². The van der Waals surface area contributed by atoms with Crippen molar-refractivity contribution in [1.82, 2.24) is 0 Å². The Bertz CT molecular complexity index is 651. The Morgan fingerprint density at radius 3 is 2.19 bits per heavy atom. The lowest BCUT2D eigenvalue weighted by atomic mass is 10.0. The molecule has 0 atom stereocenters. The fourth-order valence-electron chi connectivity index (χ4n) is 2.91. The van der Waals surface area contributed by atoms with Crippen LogP contribution in [-0.2, 0) is 7.05 Å². The van der Waals surface area contributed by atoms with E-state index in [1.807, 2.05) is 0 Å². The molecule has 0 radical (unpaired) electrons. The van der Waals surface area contributed by atoms with Crippen molar-refractivity contribution in [2.75, 3.05) is 0 Å². The Kier molecular flexibility index (Phi) is 4.38. The summed E-state index contributed by atoms with van der Waals surface area (Å²) >= 11 is 0.